The number of allylic oxidation sites excluding steroid dienone is 5. The molecule has 79 heavy (non-hydrogen) atoms. The van der Waals surface area contributed by atoms with E-state index in [-0.39, 0.29) is 18.5 Å². The van der Waals surface area contributed by atoms with Gasteiger partial charge in [-0.25, -0.2) is 0 Å². The number of esters is 1. The van der Waals surface area contributed by atoms with Crippen LogP contribution in [0.3, 0.4) is 0 Å². The van der Waals surface area contributed by atoms with E-state index >= 15 is 0 Å². The van der Waals surface area contributed by atoms with Gasteiger partial charge in [0.2, 0.25) is 5.91 Å². The van der Waals surface area contributed by atoms with Crippen molar-refractivity contribution in [1.29, 1.82) is 0 Å². The molecular weight excluding hydrogens is 971 g/mol. The Morgan fingerprint density at radius 2 is 0.595 bits per heavy atom. The van der Waals surface area contributed by atoms with Crippen LogP contribution in [0.25, 0.3) is 0 Å². The first-order chi connectivity index (χ1) is 39.0. The van der Waals surface area contributed by atoms with E-state index in [0.29, 0.717) is 19.4 Å². The van der Waals surface area contributed by atoms with Crippen molar-refractivity contribution in [3.63, 3.8) is 0 Å². The van der Waals surface area contributed by atoms with Crippen molar-refractivity contribution in [3.05, 3.63) is 36.5 Å². The standard InChI is InChI=1S/C73H139NO5/c1-3-5-7-9-11-13-15-17-19-20-32-36-39-43-47-51-55-59-63-67-73(78)79-68-64-60-56-52-48-44-40-37-34-31-29-27-25-23-21-22-24-26-28-30-33-35-38-42-46-50-54-58-62-66-72(77)74-70(69-75)71(76)65-61-57-53-49-45-41-18-16-14-12-10-8-6-4-2/h17,19,21,23,61,65,70-71,75-76H,3-16,18,20,22,24-60,62-64,66-69H2,1-2H3,(H,74,77)/b19-17-,23-21-,65-61+. The van der Waals surface area contributed by atoms with Crippen molar-refractivity contribution in [3.8, 4) is 0 Å². The monoisotopic (exact) mass is 1110 g/mol. The van der Waals surface area contributed by atoms with Gasteiger partial charge in [0, 0.05) is 12.8 Å². The van der Waals surface area contributed by atoms with Crippen LogP contribution in [0.1, 0.15) is 393 Å². The first kappa shape index (κ1) is 77.1. The van der Waals surface area contributed by atoms with Crippen molar-refractivity contribution >= 4 is 11.9 Å². The average Bonchev–Trinajstić information content (AvgIpc) is 3.45. The Kier molecular flexibility index (Phi) is 66.9. The minimum atomic E-state index is -0.843. The van der Waals surface area contributed by atoms with E-state index in [1.165, 1.54) is 327 Å². The molecule has 0 aromatic heterocycles. The lowest BCUT2D eigenvalue weighted by Crippen LogP contribution is -2.45. The van der Waals surface area contributed by atoms with E-state index in [1.807, 2.05) is 6.08 Å². The third-order valence-corrected chi connectivity index (χ3v) is 16.6. The molecule has 0 saturated heterocycles. The molecular formula is C73H139NO5. The number of amides is 1. The SMILES string of the molecule is CCCCCCCC/C=C\CCCCCCCCCCCC(=O)OCCCCCCCCCCCCCC/C=C\CCCCCCCCCCCCCCCC(=O)NC(CO)C(O)/C=C/CCCCCCCCCCCCCC. The summed E-state index contributed by atoms with van der Waals surface area (Å²) in [5.41, 5.74) is 0. The number of unbranched alkanes of at least 4 members (excludes halogenated alkanes) is 52. The summed E-state index contributed by atoms with van der Waals surface area (Å²) < 4.78 is 5.51. The van der Waals surface area contributed by atoms with Gasteiger partial charge in [0.15, 0.2) is 0 Å². The Morgan fingerprint density at radius 3 is 0.899 bits per heavy atom. The highest BCUT2D eigenvalue weighted by Crippen LogP contribution is 2.18. The summed E-state index contributed by atoms with van der Waals surface area (Å²) in [7, 11) is 0. The largest absolute Gasteiger partial charge is 0.466 e. The van der Waals surface area contributed by atoms with E-state index < -0.39 is 12.1 Å². The smallest absolute Gasteiger partial charge is 0.305 e. The van der Waals surface area contributed by atoms with Gasteiger partial charge in [-0.05, 0) is 83.5 Å². The molecule has 0 aliphatic rings. The Morgan fingerprint density at radius 1 is 0.342 bits per heavy atom. The van der Waals surface area contributed by atoms with E-state index in [1.54, 1.807) is 6.08 Å². The number of carbonyl (C=O) groups excluding carboxylic acids is 2. The Labute approximate surface area is 494 Å². The van der Waals surface area contributed by atoms with Crippen LogP contribution >= 0.6 is 0 Å². The second kappa shape index (κ2) is 68.6. The summed E-state index contributed by atoms with van der Waals surface area (Å²) in [5.74, 6) is -0.0493. The van der Waals surface area contributed by atoms with Crippen LogP contribution in [0.15, 0.2) is 36.5 Å². The minimum absolute atomic E-state index is 0.0162. The first-order valence-electron chi connectivity index (χ1n) is 35.8. The molecule has 6 heteroatoms. The summed E-state index contributed by atoms with van der Waals surface area (Å²) in [6.45, 7) is 4.93. The number of aliphatic hydroxyl groups is 2. The number of rotatable bonds is 67. The molecule has 0 aliphatic carbocycles. The van der Waals surface area contributed by atoms with Crippen molar-refractivity contribution in [2.75, 3.05) is 13.2 Å². The zero-order valence-corrected chi connectivity index (χ0v) is 53.4. The summed E-state index contributed by atoms with van der Waals surface area (Å²) >= 11 is 0. The molecule has 0 fully saturated rings. The topological polar surface area (TPSA) is 95.9 Å². The molecule has 0 saturated carbocycles. The highest BCUT2D eigenvalue weighted by Gasteiger charge is 2.18. The van der Waals surface area contributed by atoms with Crippen molar-refractivity contribution in [2.24, 2.45) is 0 Å². The van der Waals surface area contributed by atoms with Crippen LogP contribution < -0.4 is 5.32 Å². The maximum atomic E-state index is 12.5. The lowest BCUT2D eigenvalue weighted by molar-refractivity contribution is -0.143. The third-order valence-electron chi connectivity index (χ3n) is 16.6. The molecule has 0 rings (SSSR count). The van der Waals surface area contributed by atoms with Crippen LogP contribution in [0.4, 0.5) is 0 Å². The zero-order valence-electron chi connectivity index (χ0n) is 53.4. The van der Waals surface area contributed by atoms with Crippen molar-refractivity contribution < 1.29 is 24.5 Å². The first-order valence-corrected chi connectivity index (χ1v) is 35.8. The van der Waals surface area contributed by atoms with Crippen LogP contribution in [0, 0.1) is 0 Å². The van der Waals surface area contributed by atoms with Crippen LogP contribution in [-0.2, 0) is 14.3 Å². The second-order valence-electron chi connectivity index (χ2n) is 24.6. The number of hydrogen-bond acceptors (Lipinski definition) is 5. The van der Waals surface area contributed by atoms with E-state index in [0.717, 1.165) is 38.5 Å². The molecule has 0 aromatic carbocycles. The van der Waals surface area contributed by atoms with Gasteiger partial charge in [-0.15, -0.1) is 0 Å². The van der Waals surface area contributed by atoms with E-state index in [2.05, 4.69) is 43.5 Å². The number of hydrogen-bond donors (Lipinski definition) is 3. The quantitative estimate of drug-likeness (QED) is 0.0320. The maximum absolute atomic E-state index is 12.5. The summed E-state index contributed by atoms with van der Waals surface area (Å²) in [5, 5.41) is 23.1. The van der Waals surface area contributed by atoms with Gasteiger partial charge in [0.05, 0.1) is 25.4 Å². The highest BCUT2D eigenvalue weighted by molar-refractivity contribution is 5.76. The van der Waals surface area contributed by atoms with Gasteiger partial charge in [-0.1, -0.05) is 333 Å². The average molecular weight is 1110 g/mol. The van der Waals surface area contributed by atoms with Crippen LogP contribution in [0.2, 0.25) is 0 Å². The number of aliphatic hydroxyl groups excluding tert-OH is 2. The highest BCUT2D eigenvalue weighted by atomic mass is 16.5. The molecule has 466 valence electrons. The predicted molar refractivity (Wildman–Crippen MR) is 347 cm³/mol. The minimum Gasteiger partial charge on any atom is -0.466 e. The third kappa shape index (κ3) is 65.1. The molecule has 6 nitrogen and oxygen atoms in total. The lowest BCUT2D eigenvalue weighted by Gasteiger charge is -2.20. The fraction of sp³-hybridized carbons (Fsp3) is 0.890. The van der Waals surface area contributed by atoms with Crippen LogP contribution in [-0.4, -0.2) is 47.4 Å². The summed E-state index contributed by atoms with van der Waals surface area (Å²) in [6.07, 6.45) is 88.0. The Balaban J connectivity index is 3.36. The summed E-state index contributed by atoms with van der Waals surface area (Å²) in [4.78, 5) is 24.6. The molecule has 0 heterocycles. The fourth-order valence-corrected chi connectivity index (χ4v) is 11.2. The Bertz CT molecular complexity index is 1280. The van der Waals surface area contributed by atoms with Gasteiger partial charge in [-0.3, -0.25) is 9.59 Å². The van der Waals surface area contributed by atoms with Gasteiger partial charge >= 0.3 is 5.97 Å². The molecule has 0 aromatic rings. The fourth-order valence-electron chi connectivity index (χ4n) is 11.2. The van der Waals surface area contributed by atoms with Crippen molar-refractivity contribution in [1.82, 2.24) is 5.32 Å². The van der Waals surface area contributed by atoms with Gasteiger partial charge in [-0.2, -0.15) is 0 Å². The molecule has 0 radical (unpaired) electrons. The van der Waals surface area contributed by atoms with E-state index in [4.69, 9.17) is 4.74 Å². The van der Waals surface area contributed by atoms with Crippen LogP contribution in [0.5, 0.6) is 0 Å². The van der Waals surface area contributed by atoms with Crippen molar-refractivity contribution in [2.45, 2.75) is 405 Å². The van der Waals surface area contributed by atoms with Gasteiger partial charge in [0.1, 0.15) is 0 Å². The van der Waals surface area contributed by atoms with Gasteiger partial charge in [0.25, 0.3) is 0 Å². The predicted octanol–water partition coefficient (Wildman–Crippen LogP) is 23.1. The molecule has 3 N–H and O–H groups in total. The molecule has 0 aliphatic heterocycles. The van der Waals surface area contributed by atoms with Gasteiger partial charge < -0.3 is 20.3 Å². The molecule has 2 atom stereocenters. The Hall–Kier alpha value is -1.92. The number of ether oxygens (including phenoxy) is 1. The number of carbonyl (C=O) groups is 2. The zero-order chi connectivity index (χ0) is 57.1. The number of nitrogens with one attached hydrogen (secondary N) is 1. The molecule has 0 spiro atoms. The van der Waals surface area contributed by atoms with E-state index in [9.17, 15) is 19.8 Å². The second-order valence-corrected chi connectivity index (χ2v) is 24.6. The molecule has 0 bridgehead atoms. The molecule has 2 unspecified atom stereocenters. The maximum Gasteiger partial charge on any atom is 0.305 e. The normalized spacial score (nSPS) is 12.7. The summed E-state index contributed by atoms with van der Waals surface area (Å²) in [6, 6.07) is -0.627. The lowest BCUT2D eigenvalue weighted by atomic mass is 10.0. The molecule has 1 amide bonds.